The predicted molar refractivity (Wildman–Crippen MR) is 168 cm³/mol. The number of carbonyl (C=O) groups excluding carboxylic acids is 2. The summed E-state index contributed by atoms with van der Waals surface area (Å²) >= 11 is 0. The first kappa shape index (κ1) is 30.7. The molecule has 3 aromatic carbocycles. The topological polar surface area (TPSA) is 95.6 Å². The molecule has 1 atom stereocenters. The predicted octanol–water partition coefficient (Wildman–Crippen LogP) is 5.84. The third-order valence-electron chi connectivity index (χ3n) is 8.08. The lowest BCUT2D eigenvalue weighted by molar-refractivity contribution is -0.141. The van der Waals surface area contributed by atoms with E-state index in [1.807, 2.05) is 60.7 Å². The number of nitrogens with one attached hydrogen (secondary N) is 2. The van der Waals surface area contributed by atoms with E-state index in [0.717, 1.165) is 48.8 Å². The van der Waals surface area contributed by atoms with Crippen molar-refractivity contribution in [3.05, 3.63) is 113 Å². The van der Waals surface area contributed by atoms with Gasteiger partial charge in [-0.2, -0.15) is 0 Å². The fourth-order valence-electron chi connectivity index (χ4n) is 5.51. The fraction of sp³-hybridized carbons (Fsp3) is 0.371. The highest BCUT2D eigenvalue weighted by Gasteiger charge is 2.31. The Kier molecular flexibility index (Phi) is 10.4. The summed E-state index contributed by atoms with van der Waals surface area (Å²) in [5.41, 5.74) is 3.95. The van der Waals surface area contributed by atoms with Crippen LogP contribution in [-0.2, 0) is 32.6 Å². The SMILES string of the molecule is O=C(NCCC1=CCCCC1)[C@@H](c1ccccc1)N(Cc1ccccc1)C(=O)CCc1ccc(S(=O)(=O)NC2CC2)cc1. The van der Waals surface area contributed by atoms with Gasteiger partial charge in [-0.25, -0.2) is 13.1 Å². The molecular weight excluding hydrogens is 558 g/mol. The summed E-state index contributed by atoms with van der Waals surface area (Å²) < 4.78 is 27.8. The van der Waals surface area contributed by atoms with E-state index in [0.29, 0.717) is 19.5 Å². The molecule has 226 valence electrons. The highest BCUT2D eigenvalue weighted by molar-refractivity contribution is 7.89. The lowest BCUT2D eigenvalue weighted by atomic mass is 9.97. The van der Waals surface area contributed by atoms with Gasteiger partial charge in [0, 0.05) is 25.6 Å². The van der Waals surface area contributed by atoms with E-state index in [4.69, 9.17) is 0 Å². The summed E-state index contributed by atoms with van der Waals surface area (Å²) in [5, 5.41) is 3.13. The number of nitrogens with zero attached hydrogens (tertiary/aromatic N) is 1. The van der Waals surface area contributed by atoms with Crippen LogP contribution < -0.4 is 10.0 Å². The third-order valence-corrected chi connectivity index (χ3v) is 9.62. The van der Waals surface area contributed by atoms with Crippen molar-refractivity contribution < 1.29 is 18.0 Å². The maximum Gasteiger partial charge on any atom is 0.247 e. The molecule has 3 aromatic rings. The number of benzene rings is 3. The lowest BCUT2D eigenvalue weighted by Crippen LogP contribution is -2.43. The maximum absolute atomic E-state index is 13.9. The minimum atomic E-state index is -3.53. The van der Waals surface area contributed by atoms with E-state index in [1.54, 1.807) is 29.2 Å². The molecule has 2 N–H and O–H groups in total. The number of carbonyl (C=O) groups is 2. The highest BCUT2D eigenvalue weighted by Crippen LogP contribution is 2.26. The Morgan fingerprint density at radius 3 is 2.19 bits per heavy atom. The second kappa shape index (κ2) is 14.6. The monoisotopic (exact) mass is 599 g/mol. The summed E-state index contributed by atoms with van der Waals surface area (Å²) in [6, 6.07) is 25.2. The Labute approximate surface area is 255 Å². The van der Waals surface area contributed by atoms with Gasteiger partial charge in [-0.15, -0.1) is 0 Å². The van der Waals surface area contributed by atoms with E-state index in [9.17, 15) is 18.0 Å². The van der Waals surface area contributed by atoms with Crippen LogP contribution in [0.3, 0.4) is 0 Å². The van der Waals surface area contributed by atoms with Crippen LogP contribution in [0.2, 0.25) is 0 Å². The molecule has 1 fully saturated rings. The summed E-state index contributed by atoms with van der Waals surface area (Å²) in [7, 11) is -3.53. The van der Waals surface area contributed by atoms with E-state index in [2.05, 4.69) is 16.1 Å². The van der Waals surface area contributed by atoms with Crippen LogP contribution in [0, 0.1) is 0 Å². The van der Waals surface area contributed by atoms with Crippen molar-refractivity contribution in [2.75, 3.05) is 6.54 Å². The van der Waals surface area contributed by atoms with Gasteiger partial charge in [-0.1, -0.05) is 84.4 Å². The van der Waals surface area contributed by atoms with Gasteiger partial charge >= 0.3 is 0 Å². The summed E-state index contributed by atoms with van der Waals surface area (Å²) in [5.74, 6) is -0.334. The van der Waals surface area contributed by atoms with E-state index in [1.165, 1.54) is 18.4 Å². The smallest absolute Gasteiger partial charge is 0.247 e. The average molecular weight is 600 g/mol. The lowest BCUT2D eigenvalue weighted by Gasteiger charge is -2.32. The van der Waals surface area contributed by atoms with Crippen LogP contribution in [0.1, 0.15) is 74.1 Å². The number of amides is 2. The van der Waals surface area contributed by atoms with Crippen molar-refractivity contribution >= 4 is 21.8 Å². The molecule has 43 heavy (non-hydrogen) atoms. The molecule has 0 saturated heterocycles. The van der Waals surface area contributed by atoms with E-state index < -0.39 is 16.1 Å². The third kappa shape index (κ3) is 8.88. The second-order valence-corrected chi connectivity index (χ2v) is 13.2. The average Bonchev–Trinajstić information content (AvgIpc) is 3.85. The van der Waals surface area contributed by atoms with Crippen LogP contribution in [0.4, 0.5) is 0 Å². The van der Waals surface area contributed by atoms with Gasteiger partial charge in [-0.05, 0) is 80.2 Å². The summed E-state index contributed by atoms with van der Waals surface area (Å²) in [6.45, 7) is 0.827. The molecule has 7 nitrogen and oxygen atoms in total. The van der Waals surface area contributed by atoms with Crippen molar-refractivity contribution in [2.24, 2.45) is 0 Å². The van der Waals surface area contributed by atoms with E-state index in [-0.39, 0.29) is 29.2 Å². The second-order valence-electron chi connectivity index (χ2n) is 11.5. The molecule has 0 unspecified atom stereocenters. The molecule has 0 bridgehead atoms. The zero-order valence-corrected chi connectivity index (χ0v) is 25.4. The number of allylic oxidation sites excluding steroid dienone is 1. The highest BCUT2D eigenvalue weighted by atomic mass is 32.2. The van der Waals surface area contributed by atoms with Gasteiger partial charge in [0.15, 0.2) is 0 Å². The Bertz CT molecular complexity index is 1500. The Morgan fingerprint density at radius 1 is 0.837 bits per heavy atom. The Hall–Kier alpha value is -3.75. The Balaban J connectivity index is 1.32. The number of sulfonamides is 1. The van der Waals surface area contributed by atoms with Crippen molar-refractivity contribution in [1.29, 1.82) is 0 Å². The van der Waals surface area contributed by atoms with Crippen molar-refractivity contribution in [1.82, 2.24) is 14.9 Å². The van der Waals surface area contributed by atoms with Gasteiger partial charge in [0.2, 0.25) is 21.8 Å². The normalized spacial score (nSPS) is 15.8. The first-order valence-corrected chi connectivity index (χ1v) is 16.8. The minimum absolute atomic E-state index is 0.0389. The molecule has 0 aliphatic heterocycles. The first-order chi connectivity index (χ1) is 20.9. The van der Waals surface area contributed by atoms with Crippen LogP contribution in [0.25, 0.3) is 0 Å². The molecule has 2 amide bonds. The molecule has 5 rings (SSSR count). The molecule has 1 saturated carbocycles. The molecule has 0 aromatic heterocycles. The summed E-state index contributed by atoms with van der Waals surface area (Å²) in [4.78, 5) is 29.7. The number of rotatable bonds is 14. The number of aryl methyl sites for hydroxylation is 1. The fourth-order valence-corrected chi connectivity index (χ4v) is 6.81. The van der Waals surface area contributed by atoms with Gasteiger partial charge in [0.05, 0.1) is 4.90 Å². The zero-order valence-electron chi connectivity index (χ0n) is 24.6. The maximum atomic E-state index is 13.9. The van der Waals surface area contributed by atoms with Crippen LogP contribution in [0.15, 0.2) is 101 Å². The largest absolute Gasteiger partial charge is 0.354 e. The molecule has 0 spiro atoms. The van der Waals surface area contributed by atoms with Crippen LogP contribution in [-0.4, -0.2) is 37.7 Å². The number of hydrogen-bond acceptors (Lipinski definition) is 4. The van der Waals surface area contributed by atoms with Crippen molar-refractivity contribution in [3.8, 4) is 0 Å². The minimum Gasteiger partial charge on any atom is -0.354 e. The Morgan fingerprint density at radius 2 is 1.53 bits per heavy atom. The number of hydrogen-bond donors (Lipinski definition) is 2. The standard InChI is InChI=1S/C35H41N3O4S/c39-33(23-18-28-16-21-32(22-17-28)43(41,42)37-31-19-20-31)38(26-29-12-6-2-7-13-29)34(30-14-8-3-9-15-30)35(40)36-25-24-27-10-4-1-5-11-27/h2-3,6-10,12-17,21-22,31,34,37H,1,4-5,11,18-20,23-26H2,(H,36,40)/t34-/m1/s1. The molecule has 0 radical (unpaired) electrons. The molecule has 2 aliphatic carbocycles. The van der Waals surface area contributed by atoms with Crippen LogP contribution >= 0.6 is 0 Å². The van der Waals surface area contributed by atoms with Gasteiger partial charge < -0.3 is 10.2 Å². The zero-order chi connectivity index (χ0) is 30.1. The van der Waals surface area contributed by atoms with Crippen molar-refractivity contribution in [3.63, 3.8) is 0 Å². The van der Waals surface area contributed by atoms with Gasteiger partial charge in [0.25, 0.3) is 0 Å². The van der Waals surface area contributed by atoms with Crippen LogP contribution in [0.5, 0.6) is 0 Å². The van der Waals surface area contributed by atoms with Crippen molar-refractivity contribution in [2.45, 2.75) is 81.3 Å². The van der Waals surface area contributed by atoms with E-state index >= 15 is 0 Å². The first-order valence-electron chi connectivity index (χ1n) is 15.3. The molecular formula is C35H41N3O4S. The van der Waals surface area contributed by atoms with Gasteiger partial charge in [0.1, 0.15) is 6.04 Å². The molecule has 0 heterocycles. The molecule has 2 aliphatic rings. The van der Waals surface area contributed by atoms with Gasteiger partial charge in [-0.3, -0.25) is 9.59 Å². The molecule has 8 heteroatoms. The quantitative estimate of drug-likeness (QED) is 0.228. The summed E-state index contributed by atoms with van der Waals surface area (Å²) in [6.07, 6.45) is 10.1.